The summed E-state index contributed by atoms with van der Waals surface area (Å²) in [6, 6.07) is 8.63. The number of benzene rings is 1. The van der Waals surface area contributed by atoms with Crippen molar-refractivity contribution in [1.82, 2.24) is 20.6 Å². The van der Waals surface area contributed by atoms with Crippen LogP contribution >= 0.6 is 0 Å². The zero-order valence-electron chi connectivity index (χ0n) is 12.7. The van der Waals surface area contributed by atoms with E-state index in [9.17, 15) is 0 Å². The molecule has 0 radical (unpaired) electrons. The molecule has 0 atom stereocenters. The number of rotatable bonds is 6. The molecule has 0 unspecified atom stereocenters. The minimum absolute atomic E-state index is 0.614. The van der Waals surface area contributed by atoms with E-state index in [1.54, 1.807) is 0 Å². The third kappa shape index (κ3) is 4.02. The molecule has 0 aliphatic carbocycles. The summed E-state index contributed by atoms with van der Waals surface area (Å²) < 4.78 is 5.95. The Morgan fingerprint density at radius 3 is 2.73 bits per heavy atom. The van der Waals surface area contributed by atoms with Crippen LogP contribution in [0, 0.1) is 0 Å². The SMILES string of the molecule is c1ccc(-c2cncnc2)c(OCCNC2CCNCC2)c1. The van der Waals surface area contributed by atoms with Gasteiger partial charge in [-0.1, -0.05) is 18.2 Å². The number of aromatic nitrogens is 2. The Morgan fingerprint density at radius 1 is 1.14 bits per heavy atom. The first kappa shape index (κ1) is 14.9. The van der Waals surface area contributed by atoms with Crippen molar-refractivity contribution in [3.63, 3.8) is 0 Å². The quantitative estimate of drug-likeness (QED) is 0.797. The van der Waals surface area contributed by atoms with Crippen LogP contribution in [-0.2, 0) is 0 Å². The van der Waals surface area contributed by atoms with Crippen molar-refractivity contribution in [2.45, 2.75) is 18.9 Å². The Kier molecular flexibility index (Phi) is 5.34. The maximum Gasteiger partial charge on any atom is 0.127 e. The number of nitrogens with zero attached hydrogens (tertiary/aromatic N) is 2. The van der Waals surface area contributed by atoms with Gasteiger partial charge in [0.15, 0.2) is 0 Å². The van der Waals surface area contributed by atoms with Crippen molar-refractivity contribution in [2.75, 3.05) is 26.2 Å². The number of piperidine rings is 1. The van der Waals surface area contributed by atoms with Gasteiger partial charge in [-0.25, -0.2) is 9.97 Å². The predicted molar refractivity (Wildman–Crippen MR) is 86.9 cm³/mol. The van der Waals surface area contributed by atoms with Gasteiger partial charge < -0.3 is 15.4 Å². The first-order valence-electron chi connectivity index (χ1n) is 7.85. The van der Waals surface area contributed by atoms with E-state index in [2.05, 4.69) is 20.6 Å². The largest absolute Gasteiger partial charge is 0.492 e. The van der Waals surface area contributed by atoms with E-state index in [0.29, 0.717) is 12.6 Å². The zero-order valence-corrected chi connectivity index (χ0v) is 12.7. The van der Waals surface area contributed by atoms with Gasteiger partial charge in [-0.15, -0.1) is 0 Å². The van der Waals surface area contributed by atoms with Crippen molar-refractivity contribution < 1.29 is 4.74 Å². The van der Waals surface area contributed by atoms with E-state index in [0.717, 1.165) is 36.5 Å². The van der Waals surface area contributed by atoms with Crippen molar-refractivity contribution in [3.8, 4) is 16.9 Å². The van der Waals surface area contributed by atoms with E-state index < -0.39 is 0 Å². The van der Waals surface area contributed by atoms with Crippen LogP contribution in [0.5, 0.6) is 5.75 Å². The van der Waals surface area contributed by atoms with Crippen molar-refractivity contribution in [1.29, 1.82) is 0 Å². The highest BCUT2D eigenvalue weighted by atomic mass is 16.5. The molecule has 5 heteroatoms. The van der Waals surface area contributed by atoms with Crippen molar-refractivity contribution in [3.05, 3.63) is 43.0 Å². The lowest BCUT2D eigenvalue weighted by atomic mass is 10.1. The predicted octanol–water partition coefficient (Wildman–Crippen LogP) is 1.86. The molecule has 1 aliphatic rings. The number of para-hydroxylation sites is 1. The lowest BCUT2D eigenvalue weighted by Gasteiger charge is -2.23. The molecule has 1 fully saturated rings. The Bertz CT molecular complexity index is 570. The lowest BCUT2D eigenvalue weighted by molar-refractivity contribution is 0.293. The molecule has 1 aromatic heterocycles. The second-order valence-corrected chi connectivity index (χ2v) is 5.45. The fraction of sp³-hybridized carbons (Fsp3) is 0.412. The number of nitrogens with one attached hydrogen (secondary N) is 2. The molecule has 5 nitrogen and oxygen atoms in total. The average molecular weight is 298 g/mol. The molecule has 116 valence electrons. The summed E-state index contributed by atoms with van der Waals surface area (Å²) >= 11 is 0. The highest BCUT2D eigenvalue weighted by Crippen LogP contribution is 2.28. The molecule has 2 N–H and O–H groups in total. The second kappa shape index (κ2) is 7.87. The first-order valence-corrected chi connectivity index (χ1v) is 7.85. The molecule has 2 heterocycles. The van der Waals surface area contributed by atoms with Crippen LogP contribution in [0.15, 0.2) is 43.0 Å². The Labute approximate surface area is 131 Å². The van der Waals surface area contributed by atoms with E-state index in [-0.39, 0.29) is 0 Å². The van der Waals surface area contributed by atoms with E-state index in [1.165, 1.54) is 19.2 Å². The lowest BCUT2D eigenvalue weighted by Crippen LogP contribution is -2.41. The Hall–Kier alpha value is -1.98. The van der Waals surface area contributed by atoms with Crippen LogP contribution < -0.4 is 15.4 Å². The van der Waals surface area contributed by atoms with Gasteiger partial charge >= 0.3 is 0 Å². The Balaban J connectivity index is 1.54. The molecule has 2 aromatic rings. The molecule has 0 bridgehead atoms. The zero-order chi connectivity index (χ0) is 15.0. The van der Waals surface area contributed by atoms with Crippen LogP contribution in [0.25, 0.3) is 11.1 Å². The second-order valence-electron chi connectivity index (χ2n) is 5.45. The van der Waals surface area contributed by atoms with Gasteiger partial charge in [-0.2, -0.15) is 0 Å². The van der Waals surface area contributed by atoms with Gasteiger partial charge in [0.05, 0.1) is 0 Å². The molecule has 0 amide bonds. The molecular weight excluding hydrogens is 276 g/mol. The van der Waals surface area contributed by atoms with Crippen LogP contribution in [0.1, 0.15) is 12.8 Å². The van der Waals surface area contributed by atoms with E-state index >= 15 is 0 Å². The average Bonchev–Trinajstić information content (AvgIpc) is 2.61. The third-order valence-corrected chi connectivity index (χ3v) is 3.89. The van der Waals surface area contributed by atoms with Gasteiger partial charge in [0.1, 0.15) is 18.7 Å². The summed E-state index contributed by atoms with van der Waals surface area (Å²) in [6.07, 6.45) is 7.54. The van der Waals surface area contributed by atoms with Crippen LogP contribution in [-0.4, -0.2) is 42.3 Å². The molecule has 0 spiro atoms. The molecule has 3 rings (SSSR count). The van der Waals surface area contributed by atoms with Gasteiger partial charge in [-0.05, 0) is 32.0 Å². The van der Waals surface area contributed by atoms with Gasteiger partial charge in [0, 0.05) is 36.1 Å². The van der Waals surface area contributed by atoms with Gasteiger partial charge in [-0.3, -0.25) is 0 Å². The maximum absolute atomic E-state index is 5.95. The summed E-state index contributed by atoms with van der Waals surface area (Å²) in [7, 11) is 0. The minimum Gasteiger partial charge on any atom is -0.492 e. The summed E-state index contributed by atoms with van der Waals surface area (Å²) in [4.78, 5) is 8.15. The molecule has 0 saturated carbocycles. The fourth-order valence-electron chi connectivity index (χ4n) is 2.72. The monoisotopic (exact) mass is 298 g/mol. The van der Waals surface area contributed by atoms with Crippen LogP contribution in [0.4, 0.5) is 0 Å². The van der Waals surface area contributed by atoms with Crippen molar-refractivity contribution >= 4 is 0 Å². The summed E-state index contributed by atoms with van der Waals surface area (Å²) in [5.41, 5.74) is 2.01. The molecule has 1 aromatic carbocycles. The summed E-state index contributed by atoms with van der Waals surface area (Å²) in [5.74, 6) is 0.879. The highest BCUT2D eigenvalue weighted by Gasteiger charge is 2.11. The number of ether oxygens (including phenoxy) is 1. The highest BCUT2D eigenvalue weighted by molar-refractivity contribution is 5.68. The fourth-order valence-corrected chi connectivity index (χ4v) is 2.72. The summed E-state index contributed by atoms with van der Waals surface area (Å²) in [5, 5.41) is 6.93. The maximum atomic E-state index is 5.95. The Morgan fingerprint density at radius 2 is 1.91 bits per heavy atom. The smallest absolute Gasteiger partial charge is 0.127 e. The number of hydrogen-bond acceptors (Lipinski definition) is 5. The normalized spacial score (nSPS) is 15.6. The standard InChI is InChI=1S/C17H22N4O/c1-2-4-17(16(3-1)14-11-19-13-20-12-14)22-10-9-21-15-5-7-18-8-6-15/h1-4,11-13,15,18,21H,5-10H2. The summed E-state index contributed by atoms with van der Waals surface area (Å²) in [6.45, 7) is 3.74. The molecule has 1 saturated heterocycles. The topological polar surface area (TPSA) is 59.1 Å². The molecule has 1 aliphatic heterocycles. The van der Waals surface area contributed by atoms with Gasteiger partial charge in [0.25, 0.3) is 0 Å². The molecular formula is C17H22N4O. The van der Waals surface area contributed by atoms with E-state index in [4.69, 9.17) is 4.74 Å². The van der Waals surface area contributed by atoms with Crippen LogP contribution in [0.2, 0.25) is 0 Å². The van der Waals surface area contributed by atoms with Gasteiger partial charge in [0.2, 0.25) is 0 Å². The third-order valence-electron chi connectivity index (χ3n) is 3.89. The van der Waals surface area contributed by atoms with Crippen molar-refractivity contribution in [2.24, 2.45) is 0 Å². The van der Waals surface area contributed by atoms with E-state index in [1.807, 2.05) is 36.7 Å². The molecule has 22 heavy (non-hydrogen) atoms. The number of hydrogen-bond donors (Lipinski definition) is 2. The minimum atomic E-state index is 0.614. The first-order chi connectivity index (χ1) is 10.9. The van der Waals surface area contributed by atoms with Crippen LogP contribution in [0.3, 0.4) is 0 Å².